The van der Waals surface area contributed by atoms with Crippen molar-refractivity contribution in [1.29, 1.82) is 0 Å². The summed E-state index contributed by atoms with van der Waals surface area (Å²) >= 11 is 0. The summed E-state index contributed by atoms with van der Waals surface area (Å²) in [5, 5.41) is 2.84. The summed E-state index contributed by atoms with van der Waals surface area (Å²) in [4.78, 5) is 29.2. The van der Waals surface area contributed by atoms with Gasteiger partial charge in [0.25, 0.3) is 0 Å². The van der Waals surface area contributed by atoms with E-state index in [9.17, 15) is 14.0 Å². The molecule has 1 unspecified atom stereocenters. The van der Waals surface area contributed by atoms with Crippen molar-refractivity contribution in [2.45, 2.75) is 32.9 Å². The van der Waals surface area contributed by atoms with Gasteiger partial charge in [0.05, 0.1) is 6.04 Å². The summed E-state index contributed by atoms with van der Waals surface area (Å²) in [5.41, 5.74) is 1.64. The van der Waals surface area contributed by atoms with Crippen LogP contribution in [0.15, 0.2) is 42.6 Å². The summed E-state index contributed by atoms with van der Waals surface area (Å²) in [6.45, 7) is 8.42. The normalized spacial score (nSPS) is 16.0. The number of benzene rings is 1. The molecule has 0 bridgehead atoms. The van der Waals surface area contributed by atoms with Crippen LogP contribution in [0.1, 0.15) is 37.6 Å². The summed E-state index contributed by atoms with van der Waals surface area (Å²) < 4.78 is 15.9. The number of aromatic nitrogens is 1. The van der Waals surface area contributed by atoms with Gasteiger partial charge in [-0.15, -0.1) is 0 Å². The van der Waals surface area contributed by atoms with Crippen LogP contribution in [0.3, 0.4) is 0 Å². The van der Waals surface area contributed by atoms with Crippen molar-refractivity contribution in [3.63, 3.8) is 0 Å². The Morgan fingerprint density at radius 2 is 1.97 bits per heavy atom. The predicted octanol–water partition coefficient (Wildman–Crippen LogP) is 2.41. The van der Waals surface area contributed by atoms with Crippen LogP contribution >= 0.6 is 0 Å². The maximum atomic E-state index is 13.8. The van der Waals surface area contributed by atoms with Crippen LogP contribution < -0.4 is 5.32 Å². The molecule has 156 valence electrons. The van der Waals surface area contributed by atoms with Gasteiger partial charge in [-0.1, -0.05) is 26.0 Å². The fourth-order valence-electron chi connectivity index (χ4n) is 3.87. The molecule has 2 aromatic rings. The van der Waals surface area contributed by atoms with E-state index < -0.39 is 6.04 Å². The molecule has 0 saturated heterocycles. The van der Waals surface area contributed by atoms with Crippen LogP contribution in [0, 0.1) is 5.82 Å². The summed E-state index contributed by atoms with van der Waals surface area (Å²) in [6, 6.07) is 9.79. The number of carbonyl (C=O) groups excluding carboxylic acids is 2. The fourth-order valence-corrected chi connectivity index (χ4v) is 3.87. The van der Waals surface area contributed by atoms with Crippen LogP contribution in [0.2, 0.25) is 0 Å². The molecule has 3 rings (SSSR count). The van der Waals surface area contributed by atoms with E-state index in [1.54, 1.807) is 11.0 Å². The van der Waals surface area contributed by atoms with Gasteiger partial charge in [0, 0.05) is 38.1 Å². The van der Waals surface area contributed by atoms with E-state index in [4.69, 9.17) is 0 Å². The minimum Gasteiger partial charge on any atom is -0.354 e. The molecule has 1 N–H and O–H groups in total. The van der Waals surface area contributed by atoms with Crippen LogP contribution in [-0.4, -0.2) is 58.9 Å². The molecule has 0 radical (unpaired) electrons. The first-order chi connectivity index (χ1) is 14.0. The topological polar surface area (TPSA) is 57.6 Å². The standard InChI is InChI=1S/C22H29FN4O2/c1-3-25(4-2)12-10-24-20(28)16-21(29)27-14-13-26-11-6-9-19(26)22(27)17-7-5-8-18(23)15-17/h5-9,11,15,22H,3-4,10,12-14,16H2,1-2H3,(H,24,28). The monoisotopic (exact) mass is 400 g/mol. The first-order valence-corrected chi connectivity index (χ1v) is 10.2. The molecule has 7 heteroatoms. The van der Waals surface area contributed by atoms with Crippen molar-refractivity contribution in [2.75, 3.05) is 32.7 Å². The summed E-state index contributed by atoms with van der Waals surface area (Å²) in [6.07, 6.45) is 1.76. The molecule has 1 aromatic heterocycles. The lowest BCUT2D eigenvalue weighted by atomic mass is 9.99. The van der Waals surface area contributed by atoms with Gasteiger partial charge in [-0.3, -0.25) is 9.59 Å². The van der Waals surface area contributed by atoms with Crippen molar-refractivity contribution in [1.82, 2.24) is 19.7 Å². The minimum atomic E-state index is -0.398. The zero-order chi connectivity index (χ0) is 20.8. The van der Waals surface area contributed by atoms with Gasteiger partial charge in [0.15, 0.2) is 0 Å². The third kappa shape index (κ3) is 5.03. The van der Waals surface area contributed by atoms with Gasteiger partial charge in [0.2, 0.25) is 11.8 Å². The van der Waals surface area contributed by atoms with E-state index in [1.807, 2.05) is 24.4 Å². The molecule has 0 aliphatic carbocycles. The molecule has 2 amide bonds. The lowest BCUT2D eigenvalue weighted by Crippen LogP contribution is -2.44. The Kier molecular flexibility index (Phi) is 7.04. The van der Waals surface area contributed by atoms with Crippen molar-refractivity contribution in [2.24, 2.45) is 0 Å². The van der Waals surface area contributed by atoms with Gasteiger partial charge < -0.3 is 19.7 Å². The van der Waals surface area contributed by atoms with Gasteiger partial charge in [-0.25, -0.2) is 4.39 Å². The van der Waals surface area contributed by atoms with Crippen LogP contribution in [0.5, 0.6) is 0 Å². The van der Waals surface area contributed by atoms with Crippen LogP contribution in [0.25, 0.3) is 0 Å². The molecule has 1 aromatic carbocycles. The molecule has 0 spiro atoms. The van der Waals surface area contributed by atoms with Gasteiger partial charge in [0.1, 0.15) is 12.2 Å². The first-order valence-electron chi connectivity index (χ1n) is 10.2. The molecular weight excluding hydrogens is 371 g/mol. The SMILES string of the molecule is CCN(CC)CCNC(=O)CC(=O)N1CCn2cccc2C1c1cccc(F)c1. The molecule has 2 heterocycles. The van der Waals surface area contributed by atoms with Gasteiger partial charge in [-0.2, -0.15) is 0 Å². The fraction of sp³-hybridized carbons (Fsp3) is 0.455. The Morgan fingerprint density at radius 3 is 2.69 bits per heavy atom. The van der Waals surface area contributed by atoms with Crippen molar-refractivity contribution in [3.05, 3.63) is 59.7 Å². The van der Waals surface area contributed by atoms with E-state index in [0.717, 1.165) is 25.3 Å². The van der Waals surface area contributed by atoms with Crippen LogP contribution in [0.4, 0.5) is 4.39 Å². The molecule has 29 heavy (non-hydrogen) atoms. The van der Waals surface area contributed by atoms with Crippen molar-refractivity contribution in [3.8, 4) is 0 Å². The number of hydrogen-bond donors (Lipinski definition) is 1. The minimum absolute atomic E-state index is 0.204. The third-order valence-corrected chi connectivity index (χ3v) is 5.48. The highest BCUT2D eigenvalue weighted by Gasteiger charge is 2.32. The van der Waals surface area contributed by atoms with E-state index in [-0.39, 0.29) is 24.1 Å². The van der Waals surface area contributed by atoms with E-state index in [0.29, 0.717) is 25.2 Å². The second-order valence-electron chi connectivity index (χ2n) is 7.22. The molecular formula is C22H29FN4O2. The summed E-state index contributed by atoms with van der Waals surface area (Å²) in [5.74, 6) is -0.860. The smallest absolute Gasteiger partial charge is 0.232 e. The number of amides is 2. The van der Waals surface area contributed by atoms with Crippen LogP contribution in [-0.2, 0) is 16.1 Å². The molecule has 6 nitrogen and oxygen atoms in total. The van der Waals surface area contributed by atoms with E-state index >= 15 is 0 Å². The largest absolute Gasteiger partial charge is 0.354 e. The number of fused-ring (bicyclic) bond motifs is 1. The van der Waals surface area contributed by atoms with Crippen molar-refractivity contribution < 1.29 is 14.0 Å². The lowest BCUT2D eigenvalue weighted by Gasteiger charge is -2.37. The van der Waals surface area contributed by atoms with Gasteiger partial charge >= 0.3 is 0 Å². The quantitative estimate of drug-likeness (QED) is 0.693. The average molecular weight is 400 g/mol. The van der Waals surface area contributed by atoms with Gasteiger partial charge in [-0.05, 0) is 42.9 Å². The maximum absolute atomic E-state index is 13.8. The lowest BCUT2D eigenvalue weighted by molar-refractivity contribution is -0.138. The highest BCUT2D eigenvalue weighted by molar-refractivity contribution is 5.97. The Labute approximate surface area is 171 Å². The maximum Gasteiger partial charge on any atom is 0.232 e. The highest BCUT2D eigenvalue weighted by atomic mass is 19.1. The summed E-state index contributed by atoms with van der Waals surface area (Å²) in [7, 11) is 0. The second-order valence-corrected chi connectivity index (χ2v) is 7.22. The highest BCUT2D eigenvalue weighted by Crippen LogP contribution is 2.33. The Bertz CT molecular complexity index is 847. The number of nitrogens with zero attached hydrogens (tertiary/aromatic N) is 3. The molecule has 1 aliphatic heterocycles. The molecule has 0 fully saturated rings. The number of hydrogen-bond acceptors (Lipinski definition) is 3. The number of likely N-dealkylation sites (N-methyl/N-ethyl adjacent to an activating group) is 1. The Morgan fingerprint density at radius 1 is 1.17 bits per heavy atom. The zero-order valence-electron chi connectivity index (χ0n) is 17.1. The molecule has 1 aliphatic rings. The van der Waals surface area contributed by atoms with Crippen molar-refractivity contribution >= 4 is 11.8 Å². The predicted molar refractivity (Wildman–Crippen MR) is 110 cm³/mol. The number of carbonyl (C=O) groups is 2. The second kappa shape index (κ2) is 9.69. The Hall–Kier alpha value is -2.67. The zero-order valence-corrected chi connectivity index (χ0v) is 17.1. The number of rotatable bonds is 8. The van der Waals surface area contributed by atoms with E-state index in [2.05, 4.69) is 28.6 Å². The number of nitrogens with one attached hydrogen (secondary N) is 1. The Balaban J connectivity index is 1.69. The third-order valence-electron chi connectivity index (χ3n) is 5.48. The van der Waals surface area contributed by atoms with E-state index in [1.165, 1.54) is 12.1 Å². The number of halogens is 1. The molecule has 0 saturated carbocycles. The molecule has 1 atom stereocenters. The first kappa shape index (κ1) is 21.0. The average Bonchev–Trinajstić information content (AvgIpc) is 3.19.